The first-order valence-electron chi connectivity index (χ1n) is 8.18. The first kappa shape index (κ1) is 17.5. The summed E-state index contributed by atoms with van der Waals surface area (Å²) in [4.78, 5) is 17.1. The summed E-state index contributed by atoms with van der Waals surface area (Å²) in [7, 11) is -3.56. The number of carbonyl (C=O) groups excluding carboxylic acids is 1. The molecule has 0 saturated carbocycles. The van der Waals surface area contributed by atoms with E-state index in [0.29, 0.717) is 31.1 Å². The second kappa shape index (κ2) is 7.28. The summed E-state index contributed by atoms with van der Waals surface area (Å²) in [5.74, 6) is 0.533. The molecule has 0 spiro atoms. The van der Waals surface area contributed by atoms with Gasteiger partial charge in [-0.2, -0.15) is 4.31 Å². The Balaban J connectivity index is 1.66. The Morgan fingerprint density at radius 3 is 2.36 bits per heavy atom. The summed E-state index contributed by atoms with van der Waals surface area (Å²) < 4.78 is 32.2. The van der Waals surface area contributed by atoms with Crippen LogP contribution in [-0.4, -0.2) is 61.3 Å². The average molecular weight is 363 g/mol. The molecule has 3 rings (SSSR count). The van der Waals surface area contributed by atoms with E-state index in [1.54, 1.807) is 47.5 Å². The van der Waals surface area contributed by atoms with E-state index in [-0.39, 0.29) is 23.9 Å². The van der Waals surface area contributed by atoms with Gasteiger partial charge in [0.05, 0.1) is 11.5 Å². The van der Waals surface area contributed by atoms with Gasteiger partial charge in [-0.25, -0.2) is 8.42 Å². The van der Waals surface area contributed by atoms with Crippen LogP contribution < -0.4 is 4.74 Å². The third-order valence-corrected chi connectivity index (χ3v) is 6.04. The molecule has 1 aromatic heterocycles. The van der Waals surface area contributed by atoms with Crippen LogP contribution in [0.5, 0.6) is 5.75 Å². The van der Waals surface area contributed by atoms with Crippen LogP contribution in [-0.2, 0) is 10.0 Å². The van der Waals surface area contributed by atoms with Crippen molar-refractivity contribution < 1.29 is 17.9 Å². The molecule has 0 atom stereocenters. The number of nitrogens with one attached hydrogen (secondary N) is 1. The van der Waals surface area contributed by atoms with Gasteiger partial charge >= 0.3 is 0 Å². The summed E-state index contributed by atoms with van der Waals surface area (Å²) in [6.07, 6.45) is 1.69. The van der Waals surface area contributed by atoms with Gasteiger partial charge in [0.1, 0.15) is 11.4 Å². The zero-order valence-electron chi connectivity index (χ0n) is 14.0. The maximum absolute atomic E-state index is 12.7. The molecule has 1 fully saturated rings. The fraction of sp³-hybridized carbons (Fsp3) is 0.353. The van der Waals surface area contributed by atoms with Crippen molar-refractivity contribution in [3.8, 4) is 5.75 Å². The van der Waals surface area contributed by atoms with Crippen LogP contribution in [0.3, 0.4) is 0 Å². The van der Waals surface area contributed by atoms with E-state index in [0.717, 1.165) is 0 Å². The van der Waals surface area contributed by atoms with Crippen molar-refractivity contribution in [2.75, 3.05) is 32.8 Å². The zero-order chi connectivity index (χ0) is 17.9. The lowest BCUT2D eigenvalue weighted by atomic mass is 10.3. The van der Waals surface area contributed by atoms with Gasteiger partial charge in [-0.05, 0) is 43.3 Å². The molecule has 2 aromatic rings. The lowest BCUT2D eigenvalue weighted by molar-refractivity contribution is 0.0692. The first-order chi connectivity index (χ1) is 12.0. The summed E-state index contributed by atoms with van der Waals surface area (Å²) >= 11 is 0. The van der Waals surface area contributed by atoms with E-state index in [9.17, 15) is 13.2 Å². The van der Waals surface area contributed by atoms with Crippen molar-refractivity contribution >= 4 is 15.9 Å². The lowest BCUT2D eigenvalue weighted by Gasteiger charge is -2.33. The molecule has 1 N–H and O–H groups in total. The van der Waals surface area contributed by atoms with E-state index in [1.165, 1.54) is 4.31 Å². The normalized spacial score (nSPS) is 16.0. The molecule has 0 radical (unpaired) electrons. The third kappa shape index (κ3) is 3.69. The van der Waals surface area contributed by atoms with E-state index in [1.807, 2.05) is 6.92 Å². The van der Waals surface area contributed by atoms with Crippen molar-refractivity contribution in [1.82, 2.24) is 14.2 Å². The van der Waals surface area contributed by atoms with E-state index in [2.05, 4.69) is 4.98 Å². The number of sulfonamides is 1. The molecular weight excluding hydrogens is 342 g/mol. The molecule has 1 aliphatic rings. The predicted molar refractivity (Wildman–Crippen MR) is 93.1 cm³/mol. The molecule has 1 amide bonds. The summed E-state index contributed by atoms with van der Waals surface area (Å²) in [6, 6.07) is 9.89. The van der Waals surface area contributed by atoms with Crippen LogP contribution in [0.25, 0.3) is 0 Å². The van der Waals surface area contributed by atoms with E-state index < -0.39 is 10.0 Å². The molecule has 1 saturated heterocycles. The fourth-order valence-corrected chi connectivity index (χ4v) is 4.21. The van der Waals surface area contributed by atoms with Gasteiger partial charge in [0.2, 0.25) is 10.0 Å². The van der Waals surface area contributed by atoms with E-state index in [4.69, 9.17) is 4.74 Å². The highest BCUT2D eigenvalue weighted by Gasteiger charge is 2.30. The second-order valence-electron chi connectivity index (χ2n) is 5.68. The van der Waals surface area contributed by atoms with Crippen molar-refractivity contribution in [1.29, 1.82) is 0 Å². The molecule has 1 aromatic carbocycles. The maximum atomic E-state index is 12.7. The van der Waals surface area contributed by atoms with Gasteiger partial charge in [-0.15, -0.1) is 0 Å². The van der Waals surface area contributed by atoms with Crippen LogP contribution >= 0.6 is 0 Å². The Morgan fingerprint density at radius 1 is 1.12 bits per heavy atom. The van der Waals surface area contributed by atoms with E-state index >= 15 is 0 Å². The molecule has 134 valence electrons. The summed E-state index contributed by atoms with van der Waals surface area (Å²) in [6.45, 7) is 3.70. The van der Waals surface area contributed by atoms with Gasteiger partial charge in [0.25, 0.3) is 5.91 Å². The number of benzene rings is 1. The minimum atomic E-state index is -3.56. The number of carbonyl (C=O) groups is 1. The van der Waals surface area contributed by atoms with Crippen molar-refractivity contribution in [2.24, 2.45) is 0 Å². The SMILES string of the molecule is CCOc1ccc(S(=O)(=O)N2CCN(C(=O)c3ccc[nH]3)CC2)cc1. The summed E-state index contributed by atoms with van der Waals surface area (Å²) in [5.41, 5.74) is 0.517. The molecule has 8 heteroatoms. The van der Waals surface area contributed by atoms with Gasteiger partial charge in [0, 0.05) is 32.4 Å². The van der Waals surface area contributed by atoms with Gasteiger partial charge < -0.3 is 14.6 Å². The number of aromatic nitrogens is 1. The monoisotopic (exact) mass is 363 g/mol. The van der Waals surface area contributed by atoms with Crippen LogP contribution in [0.1, 0.15) is 17.4 Å². The molecule has 25 heavy (non-hydrogen) atoms. The van der Waals surface area contributed by atoms with Crippen LogP contribution in [0.15, 0.2) is 47.5 Å². The predicted octanol–water partition coefficient (Wildman–Crippen LogP) is 1.56. The highest BCUT2D eigenvalue weighted by Crippen LogP contribution is 2.21. The number of ether oxygens (including phenoxy) is 1. The number of piperazine rings is 1. The molecule has 7 nitrogen and oxygen atoms in total. The molecular formula is C17H21N3O4S. The third-order valence-electron chi connectivity index (χ3n) is 4.13. The Labute approximate surface area is 147 Å². The molecule has 0 bridgehead atoms. The topological polar surface area (TPSA) is 82.7 Å². The highest BCUT2D eigenvalue weighted by atomic mass is 32.2. The molecule has 0 aliphatic carbocycles. The second-order valence-corrected chi connectivity index (χ2v) is 7.62. The van der Waals surface area contributed by atoms with Gasteiger partial charge in [0.15, 0.2) is 0 Å². The number of amides is 1. The smallest absolute Gasteiger partial charge is 0.270 e. The quantitative estimate of drug-likeness (QED) is 0.874. The highest BCUT2D eigenvalue weighted by molar-refractivity contribution is 7.89. The van der Waals surface area contributed by atoms with Crippen molar-refractivity contribution in [2.45, 2.75) is 11.8 Å². The average Bonchev–Trinajstić information content (AvgIpc) is 3.17. The first-order valence-corrected chi connectivity index (χ1v) is 9.62. The Bertz CT molecular complexity index is 808. The number of aromatic amines is 1. The minimum absolute atomic E-state index is 0.108. The van der Waals surface area contributed by atoms with Crippen molar-refractivity contribution in [3.05, 3.63) is 48.3 Å². The number of H-pyrrole nitrogens is 1. The van der Waals surface area contributed by atoms with Gasteiger partial charge in [-0.3, -0.25) is 4.79 Å². The van der Waals surface area contributed by atoms with Crippen molar-refractivity contribution in [3.63, 3.8) is 0 Å². The molecule has 0 unspecified atom stereocenters. The number of hydrogen-bond acceptors (Lipinski definition) is 4. The zero-order valence-corrected chi connectivity index (χ0v) is 14.8. The Morgan fingerprint density at radius 2 is 1.80 bits per heavy atom. The maximum Gasteiger partial charge on any atom is 0.270 e. The fourth-order valence-electron chi connectivity index (χ4n) is 2.79. The molecule has 2 heterocycles. The van der Waals surface area contributed by atoms with Crippen LogP contribution in [0, 0.1) is 0 Å². The lowest BCUT2D eigenvalue weighted by Crippen LogP contribution is -2.50. The number of rotatable bonds is 5. The minimum Gasteiger partial charge on any atom is -0.494 e. The standard InChI is InChI=1S/C17H21N3O4S/c1-2-24-14-5-7-15(8-6-14)25(22,23)20-12-10-19(11-13-20)17(21)16-4-3-9-18-16/h3-9,18H,2,10-13H2,1H3. The van der Waals surface area contributed by atoms with Gasteiger partial charge in [-0.1, -0.05) is 0 Å². The Hall–Kier alpha value is -2.32. The van der Waals surface area contributed by atoms with Crippen LogP contribution in [0.2, 0.25) is 0 Å². The Kier molecular flexibility index (Phi) is 5.10. The number of nitrogens with zero attached hydrogens (tertiary/aromatic N) is 2. The van der Waals surface area contributed by atoms with Crippen LogP contribution in [0.4, 0.5) is 0 Å². The summed E-state index contributed by atoms with van der Waals surface area (Å²) in [5, 5.41) is 0. The molecule has 1 aliphatic heterocycles. The largest absolute Gasteiger partial charge is 0.494 e. The number of hydrogen-bond donors (Lipinski definition) is 1.